The lowest BCUT2D eigenvalue weighted by Crippen LogP contribution is -2.13. The van der Waals surface area contributed by atoms with E-state index in [9.17, 15) is 4.79 Å². The SMILES string of the molecule is Cc1ccc(C(C)Nc2ccc(CC(N)=O)cc2)c(C)c1. The van der Waals surface area contributed by atoms with Crippen LogP contribution in [0.2, 0.25) is 0 Å². The Labute approximate surface area is 126 Å². The van der Waals surface area contributed by atoms with Gasteiger partial charge in [0.1, 0.15) is 0 Å². The fraction of sp³-hybridized carbons (Fsp3) is 0.278. The van der Waals surface area contributed by atoms with Crippen molar-refractivity contribution in [3.8, 4) is 0 Å². The minimum atomic E-state index is -0.306. The molecule has 1 amide bonds. The molecule has 0 saturated heterocycles. The van der Waals surface area contributed by atoms with Gasteiger partial charge in [-0.25, -0.2) is 0 Å². The maximum absolute atomic E-state index is 10.9. The molecule has 0 aliphatic carbocycles. The van der Waals surface area contributed by atoms with Crippen LogP contribution in [0.15, 0.2) is 42.5 Å². The van der Waals surface area contributed by atoms with Crippen LogP contribution in [0.4, 0.5) is 5.69 Å². The molecule has 0 bridgehead atoms. The summed E-state index contributed by atoms with van der Waals surface area (Å²) >= 11 is 0. The van der Waals surface area contributed by atoms with E-state index in [1.54, 1.807) is 0 Å². The molecule has 110 valence electrons. The van der Waals surface area contributed by atoms with E-state index < -0.39 is 0 Å². The lowest BCUT2D eigenvalue weighted by Gasteiger charge is -2.18. The van der Waals surface area contributed by atoms with E-state index in [1.165, 1.54) is 16.7 Å². The zero-order valence-corrected chi connectivity index (χ0v) is 12.8. The number of carbonyl (C=O) groups is 1. The summed E-state index contributed by atoms with van der Waals surface area (Å²) in [5.41, 5.74) is 11.0. The van der Waals surface area contributed by atoms with E-state index >= 15 is 0 Å². The van der Waals surface area contributed by atoms with Crippen molar-refractivity contribution in [1.29, 1.82) is 0 Å². The minimum Gasteiger partial charge on any atom is -0.379 e. The normalized spacial score (nSPS) is 12.0. The summed E-state index contributed by atoms with van der Waals surface area (Å²) in [5, 5.41) is 3.48. The minimum absolute atomic E-state index is 0.229. The molecule has 2 rings (SSSR count). The number of rotatable bonds is 5. The number of benzene rings is 2. The van der Waals surface area contributed by atoms with E-state index in [4.69, 9.17) is 5.73 Å². The van der Waals surface area contributed by atoms with Gasteiger partial charge in [0.25, 0.3) is 0 Å². The summed E-state index contributed by atoms with van der Waals surface area (Å²) in [6.45, 7) is 6.39. The molecule has 0 fully saturated rings. The summed E-state index contributed by atoms with van der Waals surface area (Å²) in [6, 6.07) is 14.6. The van der Waals surface area contributed by atoms with Crippen LogP contribution in [0, 0.1) is 13.8 Å². The van der Waals surface area contributed by atoms with Crippen molar-refractivity contribution in [2.24, 2.45) is 5.73 Å². The van der Waals surface area contributed by atoms with Gasteiger partial charge < -0.3 is 11.1 Å². The van der Waals surface area contributed by atoms with E-state index in [2.05, 4.69) is 44.3 Å². The first-order valence-electron chi connectivity index (χ1n) is 7.16. The molecule has 0 radical (unpaired) electrons. The molecule has 3 nitrogen and oxygen atoms in total. The summed E-state index contributed by atoms with van der Waals surface area (Å²) in [4.78, 5) is 10.9. The third-order valence-electron chi connectivity index (χ3n) is 3.61. The standard InChI is InChI=1S/C18H22N2O/c1-12-4-9-17(13(2)10-12)14(3)20-16-7-5-15(6-8-16)11-18(19)21/h4-10,14,20H,11H2,1-3H3,(H2,19,21). The largest absolute Gasteiger partial charge is 0.379 e. The van der Waals surface area contributed by atoms with Crippen LogP contribution in [0.3, 0.4) is 0 Å². The van der Waals surface area contributed by atoms with Gasteiger partial charge in [-0.05, 0) is 49.6 Å². The van der Waals surface area contributed by atoms with Crippen LogP contribution in [-0.2, 0) is 11.2 Å². The van der Waals surface area contributed by atoms with Crippen LogP contribution in [-0.4, -0.2) is 5.91 Å². The number of hydrogen-bond acceptors (Lipinski definition) is 2. The molecule has 2 aromatic rings. The Hall–Kier alpha value is -2.29. The number of primary amides is 1. The van der Waals surface area contributed by atoms with Gasteiger partial charge in [0.05, 0.1) is 6.42 Å². The van der Waals surface area contributed by atoms with Crippen LogP contribution in [0.5, 0.6) is 0 Å². The Balaban J connectivity index is 2.08. The number of anilines is 1. The quantitative estimate of drug-likeness (QED) is 0.881. The topological polar surface area (TPSA) is 55.1 Å². The molecular formula is C18H22N2O. The first-order valence-corrected chi connectivity index (χ1v) is 7.16. The van der Waals surface area contributed by atoms with Crippen molar-refractivity contribution in [2.45, 2.75) is 33.2 Å². The van der Waals surface area contributed by atoms with E-state index in [-0.39, 0.29) is 18.4 Å². The second-order valence-corrected chi connectivity index (χ2v) is 5.57. The Bertz CT molecular complexity index is 632. The summed E-state index contributed by atoms with van der Waals surface area (Å²) in [7, 11) is 0. The summed E-state index contributed by atoms with van der Waals surface area (Å²) in [6.07, 6.45) is 0.285. The van der Waals surface area contributed by atoms with Crippen LogP contribution in [0.1, 0.15) is 35.2 Å². The predicted molar refractivity (Wildman–Crippen MR) is 87.3 cm³/mol. The van der Waals surface area contributed by atoms with Gasteiger partial charge in [-0.15, -0.1) is 0 Å². The molecule has 0 aliphatic heterocycles. The number of nitrogens with one attached hydrogen (secondary N) is 1. The molecule has 0 aromatic heterocycles. The monoisotopic (exact) mass is 282 g/mol. The molecule has 3 heteroatoms. The molecule has 21 heavy (non-hydrogen) atoms. The first-order chi connectivity index (χ1) is 9.95. The number of nitrogens with two attached hydrogens (primary N) is 1. The van der Waals surface area contributed by atoms with Crippen molar-refractivity contribution in [1.82, 2.24) is 0 Å². The van der Waals surface area contributed by atoms with Crippen molar-refractivity contribution in [2.75, 3.05) is 5.32 Å². The fourth-order valence-electron chi connectivity index (χ4n) is 2.56. The molecule has 0 spiro atoms. The highest BCUT2D eigenvalue weighted by Crippen LogP contribution is 2.23. The molecule has 0 saturated carbocycles. The maximum atomic E-state index is 10.9. The highest BCUT2D eigenvalue weighted by Gasteiger charge is 2.08. The second kappa shape index (κ2) is 6.44. The maximum Gasteiger partial charge on any atom is 0.221 e. The Kier molecular flexibility index (Phi) is 4.63. The highest BCUT2D eigenvalue weighted by atomic mass is 16.1. The highest BCUT2D eigenvalue weighted by molar-refractivity contribution is 5.76. The van der Waals surface area contributed by atoms with E-state index in [1.807, 2.05) is 24.3 Å². The van der Waals surface area contributed by atoms with Gasteiger partial charge in [0, 0.05) is 11.7 Å². The van der Waals surface area contributed by atoms with Gasteiger partial charge in [-0.1, -0.05) is 35.9 Å². The van der Waals surface area contributed by atoms with Gasteiger partial charge in [-0.2, -0.15) is 0 Å². The summed E-state index contributed by atoms with van der Waals surface area (Å²) in [5.74, 6) is -0.306. The Morgan fingerprint density at radius 2 is 1.81 bits per heavy atom. The number of aryl methyl sites for hydroxylation is 2. The average molecular weight is 282 g/mol. The van der Waals surface area contributed by atoms with Crippen LogP contribution >= 0.6 is 0 Å². The average Bonchev–Trinajstić information content (AvgIpc) is 2.40. The zero-order chi connectivity index (χ0) is 15.4. The Morgan fingerprint density at radius 1 is 1.14 bits per heavy atom. The first kappa shape index (κ1) is 15.1. The number of hydrogen-bond donors (Lipinski definition) is 2. The van der Waals surface area contributed by atoms with Crippen LogP contribution in [0.25, 0.3) is 0 Å². The third kappa shape index (κ3) is 4.09. The lowest BCUT2D eigenvalue weighted by atomic mass is 10.00. The zero-order valence-electron chi connectivity index (χ0n) is 12.8. The van der Waals surface area contributed by atoms with Crippen molar-refractivity contribution in [3.63, 3.8) is 0 Å². The van der Waals surface area contributed by atoms with Gasteiger partial charge >= 0.3 is 0 Å². The third-order valence-corrected chi connectivity index (χ3v) is 3.61. The molecule has 0 aliphatic rings. The van der Waals surface area contributed by atoms with Crippen molar-refractivity contribution >= 4 is 11.6 Å². The fourth-order valence-corrected chi connectivity index (χ4v) is 2.56. The molecule has 1 unspecified atom stereocenters. The molecule has 3 N–H and O–H groups in total. The van der Waals surface area contributed by atoms with E-state index in [0.29, 0.717) is 0 Å². The second-order valence-electron chi connectivity index (χ2n) is 5.57. The molecule has 2 aromatic carbocycles. The predicted octanol–water partition coefficient (Wildman–Crippen LogP) is 3.50. The van der Waals surface area contributed by atoms with Gasteiger partial charge in [-0.3, -0.25) is 4.79 Å². The van der Waals surface area contributed by atoms with Crippen molar-refractivity contribution < 1.29 is 4.79 Å². The number of carbonyl (C=O) groups excluding carboxylic acids is 1. The molecule has 1 atom stereocenters. The molecular weight excluding hydrogens is 260 g/mol. The van der Waals surface area contributed by atoms with E-state index in [0.717, 1.165) is 11.3 Å². The number of amides is 1. The van der Waals surface area contributed by atoms with Crippen molar-refractivity contribution in [3.05, 3.63) is 64.7 Å². The van der Waals surface area contributed by atoms with Gasteiger partial charge in [0.2, 0.25) is 5.91 Å². The Morgan fingerprint density at radius 3 is 2.38 bits per heavy atom. The van der Waals surface area contributed by atoms with Gasteiger partial charge in [0.15, 0.2) is 0 Å². The van der Waals surface area contributed by atoms with Crippen LogP contribution < -0.4 is 11.1 Å². The summed E-state index contributed by atoms with van der Waals surface area (Å²) < 4.78 is 0. The lowest BCUT2D eigenvalue weighted by molar-refractivity contribution is -0.117. The molecule has 0 heterocycles. The smallest absolute Gasteiger partial charge is 0.221 e.